The Morgan fingerprint density at radius 2 is 1.65 bits per heavy atom. The van der Waals surface area contributed by atoms with E-state index in [1.165, 1.54) is 24.3 Å². The highest BCUT2D eigenvalue weighted by Gasteiger charge is 2.20. The number of benzene rings is 2. The fraction of sp³-hybridized carbons (Fsp3) is 0. The summed E-state index contributed by atoms with van der Waals surface area (Å²) < 4.78 is 0. The van der Waals surface area contributed by atoms with Gasteiger partial charge in [-0.1, -0.05) is 12.1 Å². The van der Waals surface area contributed by atoms with Crippen LogP contribution < -0.4 is 16.9 Å². The topological polar surface area (TPSA) is 130 Å². The molecule has 0 fully saturated rings. The van der Waals surface area contributed by atoms with Gasteiger partial charge < -0.3 is 26.6 Å². The zero-order valence-electron chi connectivity index (χ0n) is 10.4. The Kier molecular flexibility index (Phi) is 3.65. The van der Waals surface area contributed by atoms with E-state index < -0.39 is 12.9 Å². The van der Waals surface area contributed by atoms with Crippen LogP contribution in [0.15, 0.2) is 36.4 Å². The molecule has 6 nitrogen and oxygen atoms in total. The van der Waals surface area contributed by atoms with Crippen molar-refractivity contribution in [2.75, 3.05) is 11.5 Å². The van der Waals surface area contributed by atoms with Gasteiger partial charge in [0.05, 0.1) is 11.1 Å². The van der Waals surface area contributed by atoms with E-state index in [1.54, 1.807) is 6.07 Å². The van der Waals surface area contributed by atoms with Crippen LogP contribution in [-0.2, 0) is 0 Å². The van der Waals surface area contributed by atoms with Gasteiger partial charge in [0.1, 0.15) is 5.75 Å². The summed E-state index contributed by atoms with van der Waals surface area (Å²) in [6.07, 6.45) is 0. The van der Waals surface area contributed by atoms with Crippen LogP contribution in [-0.4, -0.2) is 28.1 Å². The molecule has 0 aliphatic heterocycles. The third-order valence-corrected chi connectivity index (χ3v) is 2.92. The van der Waals surface area contributed by atoms with Crippen molar-refractivity contribution in [1.29, 1.82) is 0 Å². The monoisotopic (exact) mass is 272 g/mol. The SMILES string of the molecule is Nc1cccc(N)c1C(=O)c1ccc(B(O)O)cc1O. The van der Waals surface area contributed by atoms with E-state index in [0.29, 0.717) is 0 Å². The Hall–Kier alpha value is -2.51. The number of phenols is 1. The van der Waals surface area contributed by atoms with Crippen LogP contribution in [0, 0.1) is 0 Å². The number of anilines is 2. The molecule has 0 radical (unpaired) electrons. The molecule has 0 saturated carbocycles. The molecule has 0 amide bonds. The summed E-state index contributed by atoms with van der Waals surface area (Å²) in [7, 11) is -1.73. The van der Waals surface area contributed by atoms with Crippen molar-refractivity contribution in [1.82, 2.24) is 0 Å². The fourth-order valence-corrected chi connectivity index (χ4v) is 1.89. The first-order valence-corrected chi connectivity index (χ1v) is 5.79. The van der Waals surface area contributed by atoms with Crippen LogP contribution in [0.25, 0.3) is 0 Å². The summed E-state index contributed by atoms with van der Waals surface area (Å²) in [6.45, 7) is 0. The lowest BCUT2D eigenvalue weighted by Gasteiger charge is -2.10. The van der Waals surface area contributed by atoms with Gasteiger partial charge in [-0.25, -0.2) is 0 Å². The second-order valence-electron chi connectivity index (χ2n) is 4.29. The molecule has 0 aromatic heterocycles. The molecular formula is C13H13BN2O4. The van der Waals surface area contributed by atoms with E-state index in [1.807, 2.05) is 0 Å². The van der Waals surface area contributed by atoms with Crippen molar-refractivity contribution in [3.05, 3.63) is 47.5 Å². The van der Waals surface area contributed by atoms with Gasteiger partial charge >= 0.3 is 7.12 Å². The average Bonchev–Trinajstić information content (AvgIpc) is 2.38. The molecule has 2 aromatic carbocycles. The third kappa shape index (κ3) is 2.44. The number of rotatable bonds is 3. The number of carbonyl (C=O) groups excluding carboxylic acids is 1. The van der Waals surface area contributed by atoms with Crippen molar-refractivity contribution in [2.24, 2.45) is 0 Å². The largest absolute Gasteiger partial charge is 0.507 e. The summed E-state index contributed by atoms with van der Waals surface area (Å²) in [5.74, 6) is -0.902. The Morgan fingerprint density at radius 1 is 1.05 bits per heavy atom. The van der Waals surface area contributed by atoms with Crippen molar-refractivity contribution >= 4 is 29.7 Å². The van der Waals surface area contributed by atoms with Gasteiger partial charge in [-0.3, -0.25) is 4.79 Å². The molecule has 102 valence electrons. The second kappa shape index (κ2) is 5.24. The predicted octanol–water partition coefficient (Wildman–Crippen LogP) is -0.533. The van der Waals surface area contributed by atoms with Crippen LogP contribution in [0.3, 0.4) is 0 Å². The number of ketones is 1. The molecule has 7 N–H and O–H groups in total. The lowest BCUT2D eigenvalue weighted by molar-refractivity contribution is 0.103. The van der Waals surface area contributed by atoms with Gasteiger partial charge in [-0.15, -0.1) is 0 Å². The van der Waals surface area contributed by atoms with Crippen molar-refractivity contribution in [2.45, 2.75) is 0 Å². The minimum absolute atomic E-state index is 0.0148. The van der Waals surface area contributed by atoms with Crippen LogP contribution in [0.2, 0.25) is 0 Å². The smallest absolute Gasteiger partial charge is 0.488 e. The van der Waals surface area contributed by atoms with Gasteiger partial charge in [-0.05, 0) is 29.7 Å². The molecular weight excluding hydrogens is 259 g/mol. The van der Waals surface area contributed by atoms with Crippen LogP contribution in [0.4, 0.5) is 11.4 Å². The fourth-order valence-electron chi connectivity index (χ4n) is 1.89. The Bertz CT molecular complexity index is 653. The highest BCUT2D eigenvalue weighted by molar-refractivity contribution is 6.58. The van der Waals surface area contributed by atoms with Crippen LogP contribution in [0.5, 0.6) is 5.75 Å². The standard InChI is InChI=1S/C13H13BN2O4/c15-9-2-1-3-10(16)12(9)13(18)8-5-4-7(14(19)20)6-11(8)17/h1-6,17,19-20H,15-16H2. The molecule has 7 heteroatoms. The van der Waals surface area contributed by atoms with Gasteiger partial charge in [-0.2, -0.15) is 0 Å². The number of nitrogens with two attached hydrogens (primary N) is 2. The van der Waals surface area contributed by atoms with E-state index in [2.05, 4.69) is 0 Å². The molecule has 0 aliphatic carbocycles. The molecule has 0 bridgehead atoms. The van der Waals surface area contributed by atoms with Crippen molar-refractivity contribution in [3.63, 3.8) is 0 Å². The van der Waals surface area contributed by atoms with E-state index in [-0.39, 0.29) is 33.7 Å². The lowest BCUT2D eigenvalue weighted by Crippen LogP contribution is -2.29. The quantitative estimate of drug-likeness (QED) is 0.290. The van der Waals surface area contributed by atoms with Gasteiger partial charge in [0, 0.05) is 11.4 Å². The third-order valence-electron chi connectivity index (χ3n) is 2.92. The number of phenolic OH excluding ortho intramolecular Hbond substituents is 1. The molecule has 0 spiro atoms. The van der Waals surface area contributed by atoms with Crippen LogP contribution >= 0.6 is 0 Å². The lowest BCUT2D eigenvalue weighted by atomic mass is 9.79. The molecule has 2 rings (SSSR count). The average molecular weight is 272 g/mol. The Morgan fingerprint density at radius 3 is 2.15 bits per heavy atom. The number of carbonyl (C=O) groups is 1. The van der Waals surface area contributed by atoms with Gasteiger partial charge in [0.25, 0.3) is 0 Å². The van der Waals surface area contributed by atoms with Crippen molar-refractivity contribution < 1.29 is 19.9 Å². The molecule has 0 heterocycles. The normalized spacial score (nSPS) is 10.3. The summed E-state index contributed by atoms with van der Waals surface area (Å²) in [5, 5.41) is 27.8. The van der Waals surface area contributed by atoms with E-state index in [9.17, 15) is 9.90 Å². The molecule has 2 aromatic rings. The summed E-state index contributed by atoms with van der Waals surface area (Å²) in [6, 6.07) is 8.41. The Balaban J connectivity index is 2.49. The first kappa shape index (κ1) is 13.9. The van der Waals surface area contributed by atoms with Crippen LogP contribution in [0.1, 0.15) is 15.9 Å². The maximum atomic E-state index is 12.3. The zero-order valence-corrected chi connectivity index (χ0v) is 10.4. The molecule has 0 unspecified atom stereocenters. The highest BCUT2D eigenvalue weighted by atomic mass is 16.4. The number of nitrogen functional groups attached to an aromatic ring is 2. The summed E-state index contributed by atoms with van der Waals surface area (Å²) in [5.41, 5.74) is 12.0. The maximum Gasteiger partial charge on any atom is 0.488 e. The summed E-state index contributed by atoms with van der Waals surface area (Å²) >= 11 is 0. The molecule has 0 aliphatic rings. The first-order chi connectivity index (χ1) is 9.41. The number of aromatic hydroxyl groups is 1. The minimum Gasteiger partial charge on any atom is -0.507 e. The maximum absolute atomic E-state index is 12.3. The minimum atomic E-state index is -1.73. The van der Waals surface area contributed by atoms with Gasteiger partial charge in [0.15, 0.2) is 0 Å². The highest BCUT2D eigenvalue weighted by Crippen LogP contribution is 2.26. The zero-order chi connectivity index (χ0) is 14.9. The van der Waals surface area contributed by atoms with Crippen molar-refractivity contribution in [3.8, 4) is 5.75 Å². The molecule has 0 atom stereocenters. The van der Waals surface area contributed by atoms with Gasteiger partial charge in [0.2, 0.25) is 5.78 Å². The van der Waals surface area contributed by atoms with E-state index in [4.69, 9.17) is 21.5 Å². The number of hydrogen-bond acceptors (Lipinski definition) is 6. The predicted molar refractivity (Wildman–Crippen MR) is 76.6 cm³/mol. The van der Waals surface area contributed by atoms with E-state index in [0.717, 1.165) is 6.07 Å². The Labute approximate surface area is 115 Å². The van der Waals surface area contributed by atoms with E-state index >= 15 is 0 Å². The molecule has 0 saturated heterocycles. The first-order valence-electron chi connectivity index (χ1n) is 5.79. The second-order valence-corrected chi connectivity index (χ2v) is 4.29. The summed E-state index contributed by atoms with van der Waals surface area (Å²) in [4.78, 5) is 12.3. The number of hydrogen-bond donors (Lipinski definition) is 5. The molecule has 20 heavy (non-hydrogen) atoms.